The zero-order valence-electron chi connectivity index (χ0n) is 14.0. The molecule has 1 N–H and O–H groups in total. The molecule has 1 aliphatic carbocycles. The minimum absolute atomic E-state index is 0.0293. The average molecular weight is 350 g/mol. The van der Waals surface area contributed by atoms with Crippen molar-refractivity contribution in [3.8, 4) is 0 Å². The summed E-state index contributed by atoms with van der Waals surface area (Å²) in [4.78, 5) is 12.2. The number of carbonyl (C=O) groups is 1. The van der Waals surface area contributed by atoms with E-state index in [1.807, 2.05) is 30.3 Å². The molecule has 1 heterocycles. The summed E-state index contributed by atoms with van der Waals surface area (Å²) in [6.07, 6.45) is 5.04. The van der Waals surface area contributed by atoms with E-state index >= 15 is 0 Å². The van der Waals surface area contributed by atoms with Gasteiger partial charge in [-0.1, -0.05) is 30.3 Å². The van der Waals surface area contributed by atoms with Gasteiger partial charge in [-0.15, -0.1) is 0 Å². The normalized spacial score (nSPS) is 22.2. The van der Waals surface area contributed by atoms with Gasteiger partial charge in [0.1, 0.15) is 0 Å². The lowest BCUT2D eigenvalue weighted by Gasteiger charge is -2.31. The summed E-state index contributed by atoms with van der Waals surface area (Å²) in [5, 5.41) is 3.00. The SMILES string of the molecule is O=C(NC1CC1)C1CCCN(S(=O)(=O)CCCc2ccccc2)C1. The summed E-state index contributed by atoms with van der Waals surface area (Å²) in [5.41, 5.74) is 1.16. The second kappa shape index (κ2) is 7.66. The Morgan fingerprint density at radius 3 is 2.62 bits per heavy atom. The van der Waals surface area contributed by atoms with Gasteiger partial charge < -0.3 is 5.32 Å². The molecule has 1 amide bonds. The van der Waals surface area contributed by atoms with Crippen LogP contribution in [0.5, 0.6) is 0 Å². The molecular weight excluding hydrogens is 324 g/mol. The van der Waals surface area contributed by atoms with Gasteiger partial charge in [0, 0.05) is 19.1 Å². The third kappa shape index (κ3) is 4.80. The Morgan fingerprint density at radius 1 is 1.17 bits per heavy atom. The number of aryl methyl sites for hydroxylation is 1. The predicted molar refractivity (Wildman–Crippen MR) is 94.0 cm³/mol. The van der Waals surface area contributed by atoms with E-state index in [1.165, 1.54) is 4.31 Å². The molecule has 24 heavy (non-hydrogen) atoms. The molecule has 1 saturated carbocycles. The lowest BCUT2D eigenvalue weighted by molar-refractivity contribution is -0.126. The predicted octanol–water partition coefficient (Wildman–Crippen LogP) is 1.94. The summed E-state index contributed by atoms with van der Waals surface area (Å²) in [5.74, 6) is -0.0105. The molecule has 1 aromatic rings. The number of benzene rings is 1. The number of carbonyl (C=O) groups excluding carboxylic acids is 1. The van der Waals surface area contributed by atoms with Gasteiger partial charge in [0.25, 0.3) is 0 Å². The number of amides is 1. The number of hydrogen-bond acceptors (Lipinski definition) is 3. The highest BCUT2D eigenvalue weighted by Crippen LogP contribution is 2.23. The van der Waals surface area contributed by atoms with Crippen LogP contribution in [0.3, 0.4) is 0 Å². The van der Waals surface area contributed by atoms with Crippen molar-refractivity contribution in [1.82, 2.24) is 9.62 Å². The Bertz CT molecular complexity index is 656. The minimum atomic E-state index is -3.28. The maximum absolute atomic E-state index is 12.6. The van der Waals surface area contributed by atoms with Crippen molar-refractivity contribution in [2.24, 2.45) is 5.92 Å². The molecule has 2 aliphatic rings. The van der Waals surface area contributed by atoms with E-state index in [9.17, 15) is 13.2 Å². The molecule has 3 rings (SSSR count). The fraction of sp³-hybridized carbons (Fsp3) is 0.611. The zero-order chi connectivity index (χ0) is 17.0. The van der Waals surface area contributed by atoms with Crippen LogP contribution < -0.4 is 5.32 Å². The molecule has 132 valence electrons. The van der Waals surface area contributed by atoms with Gasteiger partial charge in [0.2, 0.25) is 15.9 Å². The van der Waals surface area contributed by atoms with E-state index in [2.05, 4.69) is 5.32 Å². The third-order valence-electron chi connectivity index (χ3n) is 4.78. The van der Waals surface area contributed by atoms with Crippen molar-refractivity contribution in [3.63, 3.8) is 0 Å². The first-order valence-corrected chi connectivity index (χ1v) is 10.5. The Hall–Kier alpha value is -1.40. The van der Waals surface area contributed by atoms with E-state index in [-0.39, 0.29) is 17.6 Å². The summed E-state index contributed by atoms with van der Waals surface area (Å²) in [6.45, 7) is 0.882. The molecule has 2 fully saturated rings. The standard InChI is InChI=1S/C18H26N2O3S/c21-18(19-17-10-11-17)16-9-4-12-20(14-16)24(22,23)13-5-8-15-6-2-1-3-7-15/h1-3,6-7,16-17H,4-5,8-14H2,(H,19,21). The lowest BCUT2D eigenvalue weighted by Crippen LogP contribution is -2.46. The first-order chi connectivity index (χ1) is 11.5. The first kappa shape index (κ1) is 17.4. The summed E-state index contributed by atoms with van der Waals surface area (Å²) >= 11 is 0. The van der Waals surface area contributed by atoms with Crippen molar-refractivity contribution in [2.45, 2.75) is 44.6 Å². The van der Waals surface area contributed by atoms with Crippen LogP contribution in [-0.2, 0) is 21.2 Å². The monoisotopic (exact) mass is 350 g/mol. The van der Waals surface area contributed by atoms with Gasteiger partial charge >= 0.3 is 0 Å². The molecule has 5 nitrogen and oxygen atoms in total. The van der Waals surface area contributed by atoms with Crippen molar-refractivity contribution < 1.29 is 13.2 Å². The van der Waals surface area contributed by atoms with Gasteiger partial charge in [-0.3, -0.25) is 4.79 Å². The highest BCUT2D eigenvalue weighted by Gasteiger charge is 2.34. The first-order valence-electron chi connectivity index (χ1n) is 8.87. The zero-order valence-corrected chi connectivity index (χ0v) is 14.8. The van der Waals surface area contributed by atoms with Crippen LogP contribution >= 0.6 is 0 Å². The van der Waals surface area contributed by atoms with Gasteiger partial charge in [-0.2, -0.15) is 0 Å². The van der Waals surface area contributed by atoms with E-state index in [0.717, 1.165) is 37.7 Å². The molecule has 0 aromatic heterocycles. The molecule has 1 atom stereocenters. The summed E-state index contributed by atoms with van der Waals surface area (Å²) in [6, 6.07) is 10.3. The summed E-state index contributed by atoms with van der Waals surface area (Å²) in [7, 11) is -3.28. The molecule has 0 bridgehead atoms. The molecular formula is C18H26N2O3S. The quantitative estimate of drug-likeness (QED) is 0.817. The second-order valence-corrected chi connectivity index (χ2v) is 8.97. The van der Waals surface area contributed by atoms with Crippen LogP contribution in [0.15, 0.2) is 30.3 Å². The number of nitrogens with zero attached hydrogens (tertiary/aromatic N) is 1. The molecule has 0 radical (unpaired) electrons. The molecule has 0 spiro atoms. The highest BCUT2D eigenvalue weighted by molar-refractivity contribution is 7.89. The van der Waals surface area contributed by atoms with Crippen molar-refractivity contribution in [1.29, 1.82) is 0 Å². The van der Waals surface area contributed by atoms with Crippen molar-refractivity contribution >= 4 is 15.9 Å². The minimum Gasteiger partial charge on any atom is -0.353 e. The van der Waals surface area contributed by atoms with Crippen LogP contribution in [0.1, 0.15) is 37.7 Å². The van der Waals surface area contributed by atoms with E-state index < -0.39 is 10.0 Å². The maximum Gasteiger partial charge on any atom is 0.224 e. The van der Waals surface area contributed by atoms with Crippen LogP contribution in [0, 0.1) is 5.92 Å². The van der Waals surface area contributed by atoms with E-state index in [0.29, 0.717) is 25.6 Å². The number of sulfonamides is 1. The van der Waals surface area contributed by atoms with Crippen molar-refractivity contribution in [3.05, 3.63) is 35.9 Å². The number of nitrogens with one attached hydrogen (secondary N) is 1. The second-order valence-electron chi connectivity index (χ2n) is 6.89. The number of hydrogen-bond donors (Lipinski definition) is 1. The number of piperidine rings is 1. The van der Waals surface area contributed by atoms with Crippen LogP contribution in [-0.4, -0.2) is 43.5 Å². The topological polar surface area (TPSA) is 66.5 Å². The van der Waals surface area contributed by atoms with Gasteiger partial charge in [-0.25, -0.2) is 12.7 Å². The Labute approximate surface area is 144 Å². The third-order valence-corrected chi connectivity index (χ3v) is 6.71. The van der Waals surface area contributed by atoms with Crippen molar-refractivity contribution in [2.75, 3.05) is 18.8 Å². The van der Waals surface area contributed by atoms with Gasteiger partial charge in [0.05, 0.1) is 11.7 Å². The smallest absolute Gasteiger partial charge is 0.224 e. The molecule has 1 aromatic carbocycles. The van der Waals surface area contributed by atoms with Gasteiger partial charge in [-0.05, 0) is 44.1 Å². The van der Waals surface area contributed by atoms with E-state index in [4.69, 9.17) is 0 Å². The molecule has 1 saturated heterocycles. The fourth-order valence-corrected chi connectivity index (χ4v) is 4.77. The molecule has 1 unspecified atom stereocenters. The Kier molecular flexibility index (Phi) is 5.56. The molecule has 6 heteroatoms. The fourth-order valence-electron chi connectivity index (χ4n) is 3.19. The molecule has 1 aliphatic heterocycles. The summed E-state index contributed by atoms with van der Waals surface area (Å²) < 4.78 is 26.7. The Balaban J connectivity index is 1.50. The lowest BCUT2D eigenvalue weighted by atomic mass is 9.99. The largest absolute Gasteiger partial charge is 0.353 e. The van der Waals surface area contributed by atoms with Gasteiger partial charge in [0.15, 0.2) is 0 Å². The van der Waals surface area contributed by atoms with Crippen LogP contribution in [0.2, 0.25) is 0 Å². The average Bonchev–Trinajstić information content (AvgIpc) is 3.40. The number of rotatable bonds is 7. The van der Waals surface area contributed by atoms with Crippen LogP contribution in [0.4, 0.5) is 0 Å². The van der Waals surface area contributed by atoms with Crippen LogP contribution in [0.25, 0.3) is 0 Å². The highest BCUT2D eigenvalue weighted by atomic mass is 32.2. The van der Waals surface area contributed by atoms with E-state index in [1.54, 1.807) is 0 Å². The Morgan fingerprint density at radius 2 is 1.92 bits per heavy atom. The maximum atomic E-state index is 12.6.